The van der Waals surface area contributed by atoms with E-state index in [-0.39, 0.29) is 28.2 Å². The molecule has 0 aromatic heterocycles. The van der Waals surface area contributed by atoms with Gasteiger partial charge in [0.25, 0.3) is 10.0 Å². The lowest BCUT2D eigenvalue weighted by Crippen LogP contribution is -2.52. The first-order valence-corrected chi connectivity index (χ1v) is 14.4. The lowest BCUT2D eigenvalue weighted by molar-refractivity contribution is -0.139. The van der Waals surface area contributed by atoms with E-state index in [9.17, 15) is 22.4 Å². The maximum atomic E-state index is 13.8. The standard InChI is InChI=1S/C28H30Cl2FN3O4S/c1-18(2)32-28(36)20(4)33(16-21-7-14-25(29)26(30)15-21)27(35)17-34(23-10-8-22(31)9-11-23)39(37,38)24-12-5-19(3)6-13-24/h5-15,18,20H,16-17H2,1-4H3,(H,32,36)/t20-/m0/s1. The monoisotopic (exact) mass is 593 g/mol. The molecule has 0 saturated heterocycles. The zero-order valence-electron chi connectivity index (χ0n) is 22.0. The van der Waals surface area contributed by atoms with Crippen LogP contribution in [0.1, 0.15) is 31.9 Å². The first-order valence-electron chi connectivity index (χ1n) is 12.2. The fourth-order valence-electron chi connectivity index (χ4n) is 3.80. The number of carbonyl (C=O) groups excluding carboxylic acids is 2. The Morgan fingerprint density at radius 1 is 0.923 bits per heavy atom. The van der Waals surface area contributed by atoms with Crippen LogP contribution in [0.25, 0.3) is 0 Å². The second-order valence-corrected chi connectivity index (χ2v) is 12.1. The van der Waals surface area contributed by atoms with Crippen LogP contribution >= 0.6 is 23.2 Å². The first kappa shape index (κ1) is 30.4. The number of aryl methyl sites for hydroxylation is 1. The zero-order chi connectivity index (χ0) is 28.9. The van der Waals surface area contributed by atoms with E-state index < -0.39 is 40.2 Å². The minimum Gasteiger partial charge on any atom is -0.352 e. The van der Waals surface area contributed by atoms with Crippen molar-refractivity contribution in [2.24, 2.45) is 0 Å². The Morgan fingerprint density at radius 2 is 1.54 bits per heavy atom. The van der Waals surface area contributed by atoms with Crippen molar-refractivity contribution in [2.75, 3.05) is 10.8 Å². The summed E-state index contributed by atoms with van der Waals surface area (Å²) in [7, 11) is -4.24. The van der Waals surface area contributed by atoms with Crippen molar-refractivity contribution in [3.63, 3.8) is 0 Å². The smallest absolute Gasteiger partial charge is 0.264 e. The van der Waals surface area contributed by atoms with Crippen molar-refractivity contribution in [2.45, 2.75) is 51.2 Å². The predicted octanol–water partition coefficient (Wildman–Crippen LogP) is 5.58. The van der Waals surface area contributed by atoms with Gasteiger partial charge in [-0.1, -0.05) is 47.0 Å². The summed E-state index contributed by atoms with van der Waals surface area (Å²) in [6, 6.07) is 14.7. The quantitative estimate of drug-likeness (QED) is 0.332. The summed E-state index contributed by atoms with van der Waals surface area (Å²) >= 11 is 12.2. The maximum absolute atomic E-state index is 13.8. The number of sulfonamides is 1. The highest BCUT2D eigenvalue weighted by Crippen LogP contribution is 2.26. The van der Waals surface area contributed by atoms with E-state index in [0.29, 0.717) is 10.6 Å². The molecule has 0 aliphatic carbocycles. The molecule has 2 amide bonds. The normalized spacial score (nSPS) is 12.2. The van der Waals surface area contributed by atoms with Gasteiger partial charge < -0.3 is 10.2 Å². The summed E-state index contributed by atoms with van der Waals surface area (Å²) < 4.78 is 42.1. The van der Waals surface area contributed by atoms with Gasteiger partial charge >= 0.3 is 0 Å². The van der Waals surface area contributed by atoms with Gasteiger partial charge in [0.05, 0.1) is 20.6 Å². The molecule has 0 spiro atoms. The van der Waals surface area contributed by atoms with Crippen LogP contribution in [0, 0.1) is 12.7 Å². The van der Waals surface area contributed by atoms with Crippen LogP contribution in [-0.4, -0.2) is 43.8 Å². The molecule has 1 N–H and O–H groups in total. The van der Waals surface area contributed by atoms with E-state index in [2.05, 4.69) is 5.32 Å². The van der Waals surface area contributed by atoms with Crippen LogP contribution < -0.4 is 9.62 Å². The number of nitrogens with one attached hydrogen (secondary N) is 1. The highest BCUT2D eigenvalue weighted by atomic mass is 35.5. The van der Waals surface area contributed by atoms with Gasteiger partial charge in [-0.15, -0.1) is 0 Å². The van der Waals surface area contributed by atoms with Crippen molar-refractivity contribution in [1.29, 1.82) is 0 Å². The third kappa shape index (κ3) is 7.71. The van der Waals surface area contributed by atoms with Gasteiger partial charge in [0.2, 0.25) is 11.8 Å². The van der Waals surface area contributed by atoms with Crippen LogP contribution in [0.2, 0.25) is 10.0 Å². The average Bonchev–Trinajstić information content (AvgIpc) is 2.87. The molecule has 0 aliphatic heterocycles. The fourth-order valence-corrected chi connectivity index (χ4v) is 5.53. The molecule has 3 aromatic carbocycles. The number of hydrogen-bond donors (Lipinski definition) is 1. The predicted molar refractivity (Wildman–Crippen MR) is 152 cm³/mol. The van der Waals surface area contributed by atoms with E-state index >= 15 is 0 Å². The number of amides is 2. The average molecular weight is 595 g/mol. The van der Waals surface area contributed by atoms with Gasteiger partial charge in [0.15, 0.2) is 0 Å². The molecule has 3 aromatic rings. The Kier molecular flexibility index (Phi) is 9.98. The lowest BCUT2D eigenvalue weighted by Gasteiger charge is -2.32. The number of benzene rings is 3. The highest BCUT2D eigenvalue weighted by molar-refractivity contribution is 7.92. The third-order valence-corrected chi connectivity index (χ3v) is 8.46. The first-order chi connectivity index (χ1) is 18.3. The number of hydrogen-bond acceptors (Lipinski definition) is 4. The topological polar surface area (TPSA) is 86.8 Å². The van der Waals surface area contributed by atoms with Gasteiger partial charge in [-0.3, -0.25) is 13.9 Å². The summed E-state index contributed by atoms with van der Waals surface area (Å²) in [5, 5.41) is 3.39. The van der Waals surface area contributed by atoms with Crippen LogP contribution in [0.3, 0.4) is 0 Å². The fraction of sp³-hybridized carbons (Fsp3) is 0.286. The van der Waals surface area contributed by atoms with Crippen molar-refractivity contribution >= 4 is 50.7 Å². The molecular weight excluding hydrogens is 564 g/mol. The van der Waals surface area contributed by atoms with Crippen LogP contribution in [0.4, 0.5) is 10.1 Å². The van der Waals surface area contributed by atoms with Gasteiger partial charge in [0.1, 0.15) is 18.4 Å². The van der Waals surface area contributed by atoms with Gasteiger partial charge in [-0.25, -0.2) is 12.8 Å². The minimum atomic E-state index is -4.24. The van der Waals surface area contributed by atoms with Crippen molar-refractivity contribution < 1.29 is 22.4 Å². The molecule has 0 radical (unpaired) electrons. The third-order valence-electron chi connectivity index (χ3n) is 5.94. The summed E-state index contributed by atoms with van der Waals surface area (Å²) in [6.07, 6.45) is 0. The number of halogens is 3. The minimum absolute atomic E-state index is 0.0353. The van der Waals surface area contributed by atoms with Gasteiger partial charge in [-0.05, 0) is 81.8 Å². The lowest BCUT2D eigenvalue weighted by atomic mass is 10.1. The van der Waals surface area contributed by atoms with Crippen LogP contribution in [0.15, 0.2) is 71.6 Å². The Bertz CT molecular complexity index is 1430. The van der Waals surface area contributed by atoms with E-state index in [1.807, 2.05) is 6.92 Å². The molecule has 0 aliphatic rings. The number of carbonyl (C=O) groups is 2. The molecule has 208 valence electrons. The van der Waals surface area contributed by atoms with Crippen molar-refractivity contribution in [3.05, 3.63) is 93.7 Å². The summed E-state index contributed by atoms with van der Waals surface area (Å²) in [4.78, 5) is 28.0. The molecule has 0 unspecified atom stereocenters. The van der Waals surface area contributed by atoms with E-state index in [0.717, 1.165) is 22.0 Å². The number of anilines is 1. The van der Waals surface area contributed by atoms with Crippen LogP contribution in [-0.2, 0) is 26.2 Å². The second-order valence-electron chi connectivity index (χ2n) is 9.41. The molecule has 0 saturated carbocycles. The zero-order valence-corrected chi connectivity index (χ0v) is 24.3. The Morgan fingerprint density at radius 3 is 2.10 bits per heavy atom. The maximum Gasteiger partial charge on any atom is 0.264 e. The molecule has 0 bridgehead atoms. The van der Waals surface area contributed by atoms with Gasteiger partial charge in [0, 0.05) is 12.6 Å². The van der Waals surface area contributed by atoms with E-state index in [1.54, 1.807) is 51.1 Å². The Hall–Kier alpha value is -3.14. The Balaban J connectivity index is 2.04. The second kappa shape index (κ2) is 12.8. The highest BCUT2D eigenvalue weighted by Gasteiger charge is 2.32. The van der Waals surface area contributed by atoms with E-state index in [1.165, 1.54) is 29.2 Å². The molecule has 11 heteroatoms. The van der Waals surface area contributed by atoms with Crippen LogP contribution in [0.5, 0.6) is 0 Å². The molecule has 0 fully saturated rings. The molecule has 39 heavy (non-hydrogen) atoms. The summed E-state index contributed by atoms with van der Waals surface area (Å²) in [5.41, 5.74) is 1.55. The SMILES string of the molecule is Cc1ccc(S(=O)(=O)N(CC(=O)N(Cc2ccc(Cl)c(Cl)c2)[C@@H](C)C(=O)NC(C)C)c2ccc(F)cc2)cc1. The molecule has 1 atom stereocenters. The van der Waals surface area contributed by atoms with Crippen molar-refractivity contribution in [3.8, 4) is 0 Å². The summed E-state index contributed by atoms with van der Waals surface area (Å²) in [6.45, 7) is 6.29. The summed E-state index contributed by atoms with van der Waals surface area (Å²) in [5.74, 6) is -1.61. The molecular formula is C28H30Cl2FN3O4S. The number of rotatable bonds is 10. The van der Waals surface area contributed by atoms with Crippen molar-refractivity contribution in [1.82, 2.24) is 10.2 Å². The molecule has 0 heterocycles. The Labute approximate surface area is 238 Å². The van der Waals surface area contributed by atoms with E-state index in [4.69, 9.17) is 23.2 Å². The number of nitrogens with zero attached hydrogens (tertiary/aromatic N) is 2. The largest absolute Gasteiger partial charge is 0.352 e. The molecule has 3 rings (SSSR count). The molecule has 7 nitrogen and oxygen atoms in total. The van der Waals surface area contributed by atoms with Gasteiger partial charge in [-0.2, -0.15) is 0 Å².